The van der Waals surface area contributed by atoms with E-state index in [0.717, 1.165) is 0 Å². The number of halogens is 2. The van der Waals surface area contributed by atoms with Crippen LogP contribution in [0, 0.1) is 20.8 Å². The summed E-state index contributed by atoms with van der Waals surface area (Å²) in [6.07, 6.45) is 0. The summed E-state index contributed by atoms with van der Waals surface area (Å²) in [6.45, 7) is 6.41. The Bertz CT molecular complexity index is 313. The van der Waals surface area contributed by atoms with Crippen molar-refractivity contribution < 1.29 is 20.8 Å². The molecule has 0 aromatic heterocycles. The number of aryl methyl sites for hydroxylation is 3. The first-order chi connectivity index (χ1) is 7.61. The molecule has 0 radical (unpaired) electrons. The fourth-order valence-electron chi connectivity index (χ4n) is 1.27. The molecule has 16 heavy (non-hydrogen) atoms. The quantitative estimate of drug-likeness (QED) is 0.587. The Hall–Kier alpha value is 0.163. The van der Waals surface area contributed by atoms with Crippen LogP contribution in [0.1, 0.15) is 16.7 Å². The minimum Gasteiger partial charge on any atom is -0.214 e. The van der Waals surface area contributed by atoms with Gasteiger partial charge in [0.15, 0.2) is 0 Å². The minimum absolute atomic E-state index is 0.826. The van der Waals surface area contributed by atoms with Gasteiger partial charge in [0.05, 0.1) is 0 Å². The third-order valence-corrected chi connectivity index (χ3v) is 2.07. The molecule has 3 heteroatoms. The van der Waals surface area contributed by atoms with Crippen LogP contribution in [0.3, 0.4) is 0 Å². The summed E-state index contributed by atoms with van der Waals surface area (Å²) in [6, 6.07) is 14.4. The van der Waals surface area contributed by atoms with Gasteiger partial charge in [-0.2, -0.15) is 35.4 Å². The van der Waals surface area contributed by atoms with Crippen molar-refractivity contribution in [3.63, 3.8) is 0 Å². The largest absolute Gasteiger partial charge is 0.214 e. The van der Waals surface area contributed by atoms with Crippen molar-refractivity contribution in [1.29, 1.82) is 0 Å². The van der Waals surface area contributed by atoms with E-state index in [0.29, 0.717) is 0 Å². The van der Waals surface area contributed by atoms with Gasteiger partial charge in [-0.05, 0) is 0 Å². The van der Waals surface area contributed by atoms with Crippen LogP contribution in [0.5, 0.6) is 0 Å². The van der Waals surface area contributed by atoms with Gasteiger partial charge in [0, 0.05) is 0 Å². The Labute approximate surface area is 117 Å². The second-order valence-electron chi connectivity index (χ2n) is 3.43. The van der Waals surface area contributed by atoms with Gasteiger partial charge in [0.2, 0.25) is 0 Å². The normalized spacial score (nSPS) is 8.06. The molecule has 0 nitrogen and oxygen atoms in total. The first-order valence-corrected chi connectivity index (χ1v) is 11.3. The summed E-state index contributed by atoms with van der Waals surface area (Å²) in [5.41, 5.74) is 4.19. The van der Waals surface area contributed by atoms with E-state index in [-0.39, 0.29) is 0 Å². The standard InChI is InChI=1S/C8H11.C5H5.2ClH.Zr/c1-6-4-7(2)8(3)5-6;1-2-4-5-3-1;;;/h4-5H,1-3H3;1-5H;2*1H;/q2*-1;;;+4/p-2. The Morgan fingerprint density at radius 3 is 1.81 bits per heavy atom. The maximum atomic E-state index is 4.93. The van der Waals surface area contributed by atoms with Crippen LogP contribution in [-0.4, -0.2) is 0 Å². The molecule has 0 amide bonds. The van der Waals surface area contributed by atoms with Crippen molar-refractivity contribution in [3.05, 3.63) is 59.2 Å². The molecule has 2 aromatic rings. The zero-order valence-electron chi connectivity index (χ0n) is 9.80. The molecular weight excluding hydrogens is 318 g/mol. The monoisotopic (exact) mass is 332 g/mol. The number of hydrogen-bond acceptors (Lipinski definition) is 0. The van der Waals surface area contributed by atoms with E-state index >= 15 is 0 Å². The van der Waals surface area contributed by atoms with Gasteiger partial charge in [-0.15, -0.1) is 0 Å². The van der Waals surface area contributed by atoms with Crippen molar-refractivity contribution in [1.82, 2.24) is 0 Å². The van der Waals surface area contributed by atoms with E-state index in [1.54, 1.807) is 0 Å². The fraction of sp³-hybridized carbons (Fsp3) is 0.231. The molecule has 0 saturated heterocycles. The zero-order valence-corrected chi connectivity index (χ0v) is 13.8. The summed E-state index contributed by atoms with van der Waals surface area (Å²) in [4.78, 5) is 0. The number of hydrogen-bond donors (Lipinski definition) is 0. The van der Waals surface area contributed by atoms with Gasteiger partial charge in [-0.25, -0.2) is 23.8 Å². The van der Waals surface area contributed by atoms with E-state index < -0.39 is 20.8 Å². The van der Waals surface area contributed by atoms with Crippen LogP contribution in [-0.2, 0) is 20.8 Å². The first kappa shape index (κ1) is 16.2. The van der Waals surface area contributed by atoms with Gasteiger partial charge >= 0.3 is 37.9 Å². The SMILES string of the molecule is Cc1cc(C)[c-](C)c1.[Cl][Zr+2][Cl].c1cc[cH-]c1. The maximum absolute atomic E-state index is 4.93. The predicted molar refractivity (Wildman–Crippen MR) is 70.0 cm³/mol. The van der Waals surface area contributed by atoms with E-state index in [2.05, 4.69) is 32.9 Å². The molecule has 0 saturated carbocycles. The Morgan fingerprint density at radius 1 is 1.19 bits per heavy atom. The first-order valence-electron chi connectivity index (χ1n) is 4.95. The van der Waals surface area contributed by atoms with Crippen molar-refractivity contribution in [3.8, 4) is 0 Å². The molecule has 2 rings (SSSR count). The molecule has 0 heterocycles. The van der Waals surface area contributed by atoms with Crippen molar-refractivity contribution >= 4 is 17.0 Å². The van der Waals surface area contributed by atoms with Gasteiger partial charge in [0.1, 0.15) is 0 Å². The smallest absolute Gasteiger partial charge is 0.172 e. The average molecular weight is 334 g/mol. The van der Waals surface area contributed by atoms with Crippen molar-refractivity contribution in [2.45, 2.75) is 20.8 Å². The zero-order chi connectivity index (χ0) is 12.4. The molecule has 0 unspecified atom stereocenters. The van der Waals surface area contributed by atoms with E-state index in [4.69, 9.17) is 17.0 Å². The predicted octanol–water partition coefficient (Wildman–Crippen LogP) is 5.11. The Balaban J connectivity index is 0.000000241. The summed E-state index contributed by atoms with van der Waals surface area (Å²) in [7, 11) is 9.87. The molecule has 0 N–H and O–H groups in total. The topological polar surface area (TPSA) is 0 Å². The molecule has 0 spiro atoms. The molecule has 0 aliphatic carbocycles. The van der Waals surface area contributed by atoms with Crippen molar-refractivity contribution in [2.24, 2.45) is 0 Å². The van der Waals surface area contributed by atoms with Gasteiger partial charge in [0.25, 0.3) is 0 Å². The molecule has 86 valence electrons. The van der Waals surface area contributed by atoms with Gasteiger partial charge in [-0.3, -0.25) is 0 Å². The van der Waals surface area contributed by atoms with Crippen LogP contribution >= 0.6 is 17.0 Å². The molecule has 0 bridgehead atoms. The summed E-state index contributed by atoms with van der Waals surface area (Å²) in [5.74, 6) is 0. The average Bonchev–Trinajstić information content (AvgIpc) is 2.82. The van der Waals surface area contributed by atoms with Crippen LogP contribution < -0.4 is 0 Å². The third kappa shape index (κ3) is 8.33. The molecule has 0 aliphatic heterocycles. The molecule has 0 aliphatic rings. The number of rotatable bonds is 0. The van der Waals surface area contributed by atoms with Crippen LogP contribution in [0.15, 0.2) is 42.5 Å². The van der Waals surface area contributed by atoms with Gasteiger partial charge in [-0.1, -0.05) is 20.8 Å². The van der Waals surface area contributed by atoms with Gasteiger partial charge < -0.3 is 0 Å². The summed E-state index contributed by atoms with van der Waals surface area (Å²) < 4.78 is 0. The molecule has 0 atom stereocenters. The molecule has 2 aromatic carbocycles. The van der Waals surface area contributed by atoms with Crippen LogP contribution in [0.25, 0.3) is 0 Å². The third-order valence-electron chi connectivity index (χ3n) is 2.07. The second-order valence-corrected chi connectivity index (χ2v) is 7.16. The molecule has 0 fully saturated rings. The Kier molecular flexibility index (Phi) is 10.4. The fourth-order valence-corrected chi connectivity index (χ4v) is 1.27. The summed E-state index contributed by atoms with van der Waals surface area (Å²) >= 11 is -0.826. The van der Waals surface area contributed by atoms with Crippen LogP contribution in [0.4, 0.5) is 0 Å². The maximum Gasteiger partial charge on any atom is -0.172 e. The van der Waals surface area contributed by atoms with Crippen LogP contribution in [0.2, 0.25) is 0 Å². The minimum atomic E-state index is -0.826. The second kappa shape index (κ2) is 10.3. The molecular formula is C13H16Cl2Zr. The van der Waals surface area contributed by atoms with E-state index in [1.165, 1.54) is 16.7 Å². The Morgan fingerprint density at radius 2 is 1.69 bits per heavy atom. The van der Waals surface area contributed by atoms with E-state index in [1.807, 2.05) is 30.3 Å². The summed E-state index contributed by atoms with van der Waals surface area (Å²) in [5, 5.41) is 0. The van der Waals surface area contributed by atoms with E-state index in [9.17, 15) is 0 Å². The van der Waals surface area contributed by atoms with Crippen molar-refractivity contribution in [2.75, 3.05) is 0 Å².